The fraction of sp³-hybridized carbons (Fsp3) is 0.333. The molecule has 6 nitrogen and oxygen atoms in total. The Hall–Kier alpha value is -2.90. The molecule has 3 rings (SSSR count). The molecule has 2 aromatic heterocycles. The zero-order valence-electron chi connectivity index (χ0n) is 14.7. The van der Waals surface area contributed by atoms with E-state index in [-0.39, 0.29) is 12.0 Å². The molecule has 0 aliphatic heterocycles. The molecule has 0 amide bonds. The minimum atomic E-state index is -1.01. The number of aryl methyl sites for hydroxylation is 2. The Morgan fingerprint density at radius 2 is 1.96 bits per heavy atom. The predicted octanol–water partition coefficient (Wildman–Crippen LogP) is 3.26. The Labute approximate surface area is 148 Å². The standard InChI is InChI=1S/C18H18F2N4O2/c1-10-13(11(2)24-18(23-10)21-9-22-24)7-8-16(25)26-12(3)17-14(19)5-4-6-15(17)20/h4-6,9,12H,7-8H2,1-3H3. The van der Waals surface area contributed by atoms with Gasteiger partial charge in [-0.3, -0.25) is 4.79 Å². The van der Waals surface area contributed by atoms with Crippen LogP contribution in [0.15, 0.2) is 24.5 Å². The first-order chi connectivity index (χ1) is 12.4. The number of nitrogens with zero attached hydrogens (tertiary/aromatic N) is 4. The van der Waals surface area contributed by atoms with E-state index in [4.69, 9.17) is 4.74 Å². The highest BCUT2D eigenvalue weighted by Crippen LogP contribution is 2.24. The molecule has 2 heterocycles. The van der Waals surface area contributed by atoms with Crippen LogP contribution in [-0.2, 0) is 16.0 Å². The Kier molecular flexibility index (Phi) is 4.92. The van der Waals surface area contributed by atoms with E-state index in [9.17, 15) is 13.6 Å². The van der Waals surface area contributed by atoms with Gasteiger partial charge in [-0.25, -0.2) is 18.3 Å². The lowest BCUT2D eigenvalue weighted by Crippen LogP contribution is -2.14. The van der Waals surface area contributed by atoms with E-state index in [2.05, 4.69) is 15.1 Å². The third-order valence-electron chi connectivity index (χ3n) is 4.28. The number of hydrogen-bond acceptors (Lipinski definition) is 5. The first-order valence-electron chi connectivity index (χ1n) is 8.17. The zero-order chi connectivity index (χ0) is 18.8. The zero-order valence-corrected chi connectivity index (χ0v) is 14.7. The Balaban J connectivity index is 1.70. The maximum Gasteiger partial charge on any atom is 0.306 e. The fourth-order valence-electron chi connectivity index (χ4n) is 2.96. The van der Waals surface area contributed by atoms with Gasteiger partial charge in [0, 0.05) is 17.8 Å². The second-order valence-corrected chi connectivity index (χ2v) is 6.00. The van der Waals surface area contributed by atoms with Crippen molar-refractivity contribution in [1.29, 1.82) is 0 Å². The van der Waals surface area contributed by atoms with Gasteiger partial charge in [-0.1, -0.05) is 6.07 Å². The van der Waals surface area contributed by atoms with Gasteiger partial charge >= 0.3 is 5.97 Å². The van der Waals surface area contributed by atoms with E-state index in [1.165, 1.54) is 19.3 Å². The molecule has 0 aliphatic rings. The summed E-state index contributed by atoms with van der Waals surface area (Å²) in [5.74, 6) is -1.52. The number of halogens is 2. The number of esters is 1. The minimum absolute atomic E-state index is 0.0595. The van der Waals surface area contributed by atoms with E-state index < -0.39 is 23.7 Å². The second-order valence-electron chi connectivity index (χ2n) is 6.00. The van der Waals surface area contributed by atoms with Gasteiger partial charge < -0.3 is 4.74 Å². The normalized spacial score (nSPS) is 12.3. The first-order valence-corrected chi connectivity index (χ1v) is 8.17. The molecule has 136 valence electrons. The van der Waals surface area contributed by atoms with Gasteiger partial charge in [-0.2, -0.15) is 10.1 Å². The van der Waals surface area contributed by atoms with Crippen LogP contribution in [0.4, 0.5) is 8.78 Å². The summed E-state index contributed by atoms with van der Waals surface area (Å²) in [7, 11) is 0. The summed E-state index contributed by atoms with van der Waals surface area (Å²) in [6.45, 7) is 5.15. The van der Waals surface area contributed by atoms with Crippen LogP contribution < -0.4 is 0 Å². The molecule has 0 fully saturated rings. The summed E-state index contributed by atoms with van der Waals surface area (Å²) in [4.78, 5) is 20.5. The first kappa shape index (κ1) is 17.9. The van der Waals surface area contributed by atoms with Crippen LogP contribution in [0.25, 0.3) is 5.78 Å². The molecule has 0 saturated heterocycles. The van der Waals surface area contributed by atoms with Gasteiger partial charge in [0.2, 0.25) is 0 Å². The van der Waals surface area contributed by atoms with Gasteiger partial charge in [0.15, 0.2) is 0 Å². The molecule has 26 heavy (non-hydrogen) atoms. The molecule has 0 aliphatic carbocycles. The highest BCUT2D eigenvalue weighted by Gasteiger charge is 2.20. The molecular weight excluding hydrogens is 342 g/mol. The molecule has 8 heteroatoms. The summed E-state index contributed by atoms with van der Waals surface area (Å²) in [6.07, 6.45) is 0.842. The van der Waals surface area contributed by atoms with Crippen molar-refractivity contribution in [3.05, 3.63) is 58.7 Å². The van der Waals surface area contributed by atoms with Crippen molar-refractivity contribution in [2.75, 3.05) is 0 Å². The topological polar surface area (TPSA) is 69.4 Å². The van der Waals surface area contributed by atoms with Crippen molar-refractivity contribution in [2.45, 2.75) is 39.7 Å². The number of fused-ring (bicyclic) bond motifs is 1. The highest BCUT2D eigenvalue weighted by atomic mass is 19.1. The third kappa shape index (κ3) is 3.40. The molecule has 0 N–H and O–H groups in total. The summed E-state index contributed by atoms with van der Waals surface area (Å²) in [5, 5.41) is 4.10. The molecule has 1 aromatic carbocycles. The molecular formula is C18H18F2N4O2. The van der Waals surface area contributed by atoms with Gasteiger partial charge in [0.05, 0.1) is 5.56 Å². The number of ether oxygens (including phenoxy) is 1. The van der Waals surface area contributed by atoms with Gasteiger partial charge in [-0.05, 0) is 44.9 Å². The predicted molar refractivity (Wildman–Crippen MR) is 89.4 cm³/mol. The molecule has 0 radical (unpaired) electrons. The third-order valence-corrected chi connectivity index (χ3v) is 4.28. The molecule has 3 aromatic rings. The SMILES string of the molecule is Cc1nc2ncnn2c(C)c1CCC(=O)OC(C)c1c(F)cccc1F. The van der Waals surface area contributed by atoms with E-state index >= 15 is 0 Å². The van der Waals surface area contributed by atoms with Gasteiger partial charge in [0.25, 0.3) is 5.78 Å². The Morgan fingerprint density at radius 1 is 1.27 bits per heavy atom. The maximum absolute atomic E-state index is 13.8. The molecule has 0 spiro atoms. The van der Waals surface area contributed by atoms with Crippen molar-refractivity contribution in [3.63, 3.8) is 0 Å². The minimum Gasteiger partial charge on any atom is -0.458 e. The average Bonchev–Trinajstić information content (AvgIpc) is 3.02. The van der Waals surface area contributed by atoms with E-state index in [0.29, 0.717) is 12.2 Å². The van der Waals surface area contributed by atoms with Crippen molar-refractivity contribution >= 4 is 11.7 Å². The van der Waals surface area contributed by atoms with Crippen LogP contribution in [0.5, 0.6) is 0 Å². The maximum atomic E-state index is 13.8. The van der Waals surface area contributed by atoms with E-state index in [1.54, 1.807) is 4.52 Å². The Morgan fingerprint density at radius 3 is 2.65 bits per heavy atom. The molecule has 0 bridgehead atoms. The van der Waals surface area contributed by atoms with E-state index in [1.807, 2.05) is 13.8 Å². The quantitative estimate of drug-likeness (QED) is 0.653. The summed E-state index contributed by atoms with van der Waals surface area (Å²) in [6, 6.07) is 3.53. The van der Waals surface area contributed by atoms with Crippen molar-refractivity contribution < 1.29 is 18.3 Å². The molecule has 1 atom stereocenters. The summed E-state index contributed by atoms with van der Waals surface area (Å²) < 4.78 is 34.3. The fourth-order valence-corrected chi connectivity index (χ4v) is 2.96. The highest BCUT2D eigenvalue weighted by molar-refractivity contribution is 5.70. The Bertz CT molecular complexity index is 951. The lowest BCUT2D eigenvalue weighted by Gasteiger charge is -2.15. The second kappa shape index (κ2) is 7.15. The van der Waals surface area contributed by atoms with Crippen LogP contribution in [0.2, 0.25) is 0 Å². The average molecular weight is 360 g/mol. The number of benzene rings is 1. The summed E-state index contributed by atoms with van der Waals surface area (Å²) in [5.41, 5.74) is 2.21. The monoisotopic (exact) mass is 360 g/mol. The van der Waals surface area contributed by atoms with Gasteiger partial charge in [-0.15, -0.1) is 0 Å². The number of carbonyl (C=O) groups is 1. The van der Waals surface area contributed by atoms with Crippen molar-refractivity contribution in [1.82, 2.24) is 19.6 Å². The van der Waals surface area contributed by atoms with Crippen LogP contribution in [0, 0.1) is 25.5 Å². The van der Waals surface area contributed by atoms with Crippen LogP contribution >= 0.6 is 0 Å². The number of hydrogen-bond donors (Lipinski definition) is 0. The van der Waals surface area contributed by atoms with Crippen LogP contribution in [0.3, 0.4) is 0 Å². The van der Waals surface area contributed by atoms with E-state index in [0.717, 1.165) is 29.1 Å². The lowest BCUT2D eigenvalue weighted by molar-refractivity contribution is -0.148. The van der Waals surface area contributed by atoms with Crippen LogP contribution in [-0.4, -0.2) is 25.6 Å². The number of carbonyl (C=O) groups excluding carboxylic acids is 1. The van der Waals surface area contributed by atoms with Crippen molar-refractivity contribution in [3.8, 4) is 0 Å². The number of rotatable bonds is 5. The van der Waals surface area contributed by atoms with Crippen molar-refractivity contribution in [2.24, 2.45) is 0 Å². The van der Waals surface area contributed by atoms with Gasteiger partial charge in [0.1, 0.15) is 24.1 Å². The molecule has 1 unspecified atom stereocenters. The smallest absolute Gasteiger partial charge is 0.306 e. The lowest BCUT2D eigenvalue weighted by atomic mass is 10.1. The molecule has 0 saturated carbocycles. The number of aromatic nitrogens is 4. The summed E-state index contributed by atoms with van der Waals surface area (Å²) >= 11 is 0. The largest absolute Gasteiger partial charge is 0.458 e. The van der Waals surface area contributed by atoms with Crippen LogP contribution in [0.1, 0.15) is 42.0 Å².